The monoisotopic (exact) mass is 344 g/mol. The quantitative estimate of drug-likeness (QED) is 0.534. The van der Waals surface area contributed by atoms with Crippen LogP contribution in [-0.2, 0) is 4.74 Å². The normalized spacial score (nSPS) is 13.6. The van der Waals surface area contributed by atoms with Crippen LogP contribution in [0.2, 0.25) is 0 Å². The van der Waals surface area contributed by atoms with Gasteiger partial charge in [0.05, 0.1) is 0 Å². The highest BCUT2D eigenvalue weighted by Gasteiger charge is 2.27. The minimum absolute atomic E-state index is 0.00241. The van der Waals surface area contributed by atoms with Gasteiger partial charge in [-0.2, -0.15) is 13.2 Å². The van der Waals surface area contributed by atoms with Gasteiger partial charge in [-0.3, -0.25) is 0 Å². The molecule has 1 aromatic carbocycles. The molecule has 0 aliphatic carbocycles. The van der Waals surface area contributed by atoms with Gasteiger partial charge in [0, 0.05) is 17.0 Å². The molecular formula is C12H13BrClF3O. The zero-order chi connectivity index (χ0) is 13.6. The first-order valence-corrected chi connectivity index (χ1v) is 6.71. The molecule has 0 fully saturated rings. The zero-order valence-electron chi connectivity index (χ0n) is 9.51. The van der Waals surface area contributed by atoms with Gasteiger partial charge < -0.3 is 4.74 Å². The summed E-state index contributed by atoms with van der Waals surface area (Å²) in [7, 11) is 0. The Morgan fingerprint density at radius 2 is 2.06 bits per heavy atom. The van der Waals surface area contributed by atoms with Gasteiger partial charge in [0.1, 0.15) is 6.61 Å². The van der Waals surface area contributed by atoms with Gasteiger partial charge in [-0.15, -0.1) is 11.6 Å². The highest BCUT2D eigenvalue weighted by Crippen LogP contribution is 2.24. The summed E-state index contributed by atoms with van der Waals surface area (Å²) in [5, 5.41) is 0. The predicted molar refractivity (Wildman–Crippen MR) is 69.1 cm³/mol. The van der Waals surface area contributed by atoms with Gasteiger partial charge >= 0.3 is 6.18 Å². The molecule has 0 aliphatic rings. The van der Waals surface area contributed by atoms with Gasteiger partial charge in [0.25, 0.3) is 0 Å². The Hall–Kier alpha value is -0.260. The molecule has 1 unspecified atom stereocenters. The Bertz CT molecular complexity index is 371. The van der Waals surface area contributed by atoms with Crippen LogP contribution >= 0.6 is 27.5 Å². The molecule has 1 atom stereocenters. The number of ether oxygens (including phenoxy) is 1. The standard InChI is InChI=1S/C12H13BrClF3O/c13-11-3-1-2-9(6-11)10(7-14)4-5-18-8-12(15,16)17/h1-3,6,10H,4-5,7-8H2. The zero-order valence-corrected chi connectivity index (χ0v) is 11.9. The molecule has 102 valence electrons. The molecule has 0 radical (unpaired) electrons. The Kier molecular flexibility index (Phi) is 6.46. The topological polar surface area (TPSA) is 9.23 Å². The third-order valence-corrected chi connectivity index (χ3v) is 3.25. The lowest BCUT2D eigenvalue weighted by molar-refractivity contribution is -0.174. The lowest BCUT2D eigenvalue weighted by atomic mass is 9.98. The van der Waals surface area contributed by atoms with Crippen LogP contribution in [0.3, 0.4) is 0 Å². The van der Waals surface area contributed by atoms with Crippen LogP contribution < -0.4 is 0 Å². The third-order valence-electron chi connectivity index (χ3n) is 2.38. The van der Waals surface area contributed by atoms with Crippen molar-refractivity contribution in [2.75, 3.05) is 19.1 Å². The maximum atomic E-state index is 11.9. The van der Waals surface area contributed by atoms with Gasteiger partial charge in [0.2, 0.25) is 0 Å². The maximum Gasteiger partial charge on any atom is 0.411 e. The van der Waals surface area contributed by atoms with Gasteiger partial charge in [-0.05, 0) is 30.0 Å². The average Bonchev–Trinajstić information content (AvgIpc) is 2.27. The molecule has 0 heterocycles. The average molecular weight is 346 g/mol. The van der Waals surface area contributed by atoms with Crippen LogP contribution in [0.25, 0.3) is 0 Å². The van der Waals surface area contributed by atoms with E-state index in [9.17, 15) is 13.2 Å². The van der Waals surface area contributed by atoms with Crippen molar-refractivity contribution in [1.82, 2.24) is 0 Å². The highest BCUT2D eigenvalue weighted by atomic mass is 79.9. The SMILES string of the molecule is FC(F)(F)COCCC(CCl)c1cccc(Br)c1. The Morgan fingerprint density at radius 3 is 2.61 bits per heavy atom. The van der Waals surface area contributed by atoms with E-state index in [2.05, 4.69) is 20.7 Å². The van der Waals surface area contributed by atoms with E-state index in [0.29, 0.717) is 12.3 Å². The molecule has 0 N–H and O–H groups in total. The summed E-state index contributed by atoms with van der Waals surface area (Å²) in [4.78, 5) is 0. The molecule has 6 heteroatoms. The van der Waals surface area contributed by atoms with Crippen molar-refractivity contribution in [2.45, 2.75) is 18.5 Å². The lowest BCUT2D eigenvalue weighted by Gasteiger charge is -2.15. The van der Waals surface area contributed by atoms with Crippen LogP contribution in [0.4, 0.5) is 13.2 Å². The molecule has 0 spiro atoms. The summed E-state index contributed by atoms with van der Waals surface area (Å²) < 4.78 is 41.2. The summed E-state index contributed by atoms with van der Waals surface area (Å²) in [5.41, 5.74) is 0.995. The largest absolute Gasteiger partial charge is 0.411 e. The first-order chi connectivity index (χ1) is 8.42. The number of alkyl halides is 4. The molecule has 1 rings (SSSR count). The Balaban J connectivity index is 2.43. The van der Waals surface area contributed by atoms with E-state index < -0.39 is 12.8 Å². The molecule has 0 amide bonds. The van der Waals surface area contributed by atoms with Crippen molar-refractivity contribution >= 4 is 27.5 Å². The fourth-order valence-electron chi connectivity index (χ4n) is 1.51. The van der Waals surface area contributed by atoms with E-state index in [4.69, 9.17) is 11.6 Å². The first kappa shape index (κ1) is 15.8. The van der Waals surface area contributed by atoms with Crippen molar-refractivity contribution in [3.8, 4) is 0 Å². The minimum atomic E-state index is -4.27. The van der Waals surface area contributed by atoms with Crippen LogP contribution in [0.5, 0.6) is 0 Å². The summed E-state index contributed by atoms with van der Waals surface area (Å²) in [6.07, 6.45) is -3.80. The molecule has 0 saturated carbocycles. The second kappa shape index (κ2) is 7.36. The van der Waals surface area contributed by atoms with E-state index in [1.54, 1.807) is 0 Å². The van der Waals surface area contributed by atoms with E-state index in [0.717, 1.165) is 10.0 Å². The second-order valence-corrected chi connectivity index (χ2v) is 5.09. The smallest absolute Gasteiger partial charge is 0.372 e. The van der Waals surface area contributed by atoms with Gasteiger partial charge in [-0.1, -0.05) is 28.1 Å². The molecule has 1 nitrogen and oxygen atoms in total. The molecule has 1 aromatic rings. The summed E-state index contributed by atoms with van der Waals surface area (Å²) in [6, 6.07) is 7.57. The second-order valence-electron chi connectivity index (χ2n) is 3.86. The fourth-order valence-corrected chi connectivity index (χ4v) is 2.26. The van der Waals surface area contributed by atoms with Crippen molar-refractivity contribution in [3.05, 3.63) is 34.3 Å². The molecule has 0 aliphatic heterocycles. The minimum Gasteiger partial charge on any atom is -0.372 e. The maximum absolute atomic E-state index is 11.9. The number of benzene rings is 1. The number of hydrogen-bond acceptors (Lipinski definition) is 1. The molecule has 0 aromatic heterocycles. The molecule has 0 bridgehead atoms. The predicted octanol–water partition coefficient (Wildman–Crippen LogP) is 4.74. The number of rotatable bonds is 6. The number of halogens is 5. The van der Waals surface area contributed by atoms with E-state index in [-0.39, 0.29) is 12.5 Å². The van der Waals surface area contributed by atoms with Gasteiger partial charge in [-0.25, -0.2) is 0 Å². The van der Waals surface area contributed by atoms with Crippen LogP contribution in [-0.4, -0.2) is 25.3 Å². The van der Waals surface area contributed by atoms with Crippen molar-refractivity contribution in [3.63, 3.8) is 0 Å². The summed E-state index contributed by atoms with van der Waals surface area (Å²) in [5.74, 6) is 0.351. The van der Waals surface area contributed by atoms with E-state index in [1.807, 2.05) is 24.3 Å². The van der Waals surface area contributed by atoms with Crippen LogP contribution in [0.15, 0.2) is 28.7 Å². The molecule has 18 heavy (non-hydrogen) atoms. The lowest BCUT2D eigenvalue weighted by Crippen LogP contribution is -2.18. The summed E-state index contributed by atoms with van der Waals surface area (Å²) in [6.45, 7) is -1.16. The molecular weight excluding hydrogens is 332 g/mol. The van der Waals surface area contributed by atoms with Crippen molar-refractivity contribution in [1.29, 1.82) is 0 Å². The molecule has 0 saturated heterocycles. The summed E-state index contributed by atoms with van der Waals surface area (Å²) >= 11 is 9.17. The highest BCUT2D eigenvalue weighted by molar-refractivity contribution is 9.10. The van der Waals surface area contributed by atoms with Crippen LogP contribution in [0.1, 0.15) is 17.9 Å². The Labute approximate surface area is 117 Å². The van der Waals surface area contributed by atoms with E-state index in [1.165, 1.54) is 0 Å². The van der Waals surface area contributed by atoms with Crippen molar-refractivity contribution < 1.29 is 17.9 Å². The van der Waals surface area contributed by atoms with Gasteiger partial charge in [0.15, 0.2) is 0 Å². The number of hydrogen-bond donors (Lipinski definition) is 0. The van der Waals surface area contributed by atoms with Crippen LogP contribution in [0, 0.1) is 0 Å². The fraction of sp³-hybridized carbons (Fsp3) is 0.500. The first-order valence-electron chi connectivity index (χ1n) is 5.38. The Morgan fingerprint density at radius 1 is 1.33 bits per heavy atom. The van der Waals surface area contributed by atoms with Crippen molar-refractivity contribution in [2.24, 2.45) is 0 Å². The third kappa shape index (κ3) is 6.07. The van der Waals surface area contributed by atoms with E-state index >= 15 is 0 Å².